The quantitative estimate of drug-likeness (QED) is 0.184. The minimum Gasteiger partial charge on any atom is -0.493 e. The number of nitro groups is 1. The summed E-state index contributed by atoms with van der Waals surface area (Å²) in [7, 11) is 0. The Labute approximate surface area is 175 Å². The lowest BCUT2D eigenvalue weighted by molar-refractivity contribution is -0.385. The molecule has 2 rings (SSSR count). The molecule has 2 N–H and O–H groups in total. The Morgan fingerprint density at radius 3 is 2.90 bits per heavy atom. The molecule has 0 aromatic heterocycles. The zero-order valence-electron chi connectivity index (χ0n) is 17.4. The Balaban J connectivity index is 2.23. The van der Waals surface area contributed by atoms with E-state index in [0.29, 0.717) is 23.7 Å². The number of nitro benzene ring substituents is 1. The highest BCUT2D eigenvalue weighted by atomic mass is 16.6. The van der Waals surface area contributed by atoms with Crippen LogP contribution in [-0.2, 0) is 14.3 Å². The number of benzene rings is 1. The smallest absolute Gasteiger partial charge is 0.270 e. The standard InChI is InChI=1S/C21H28N2O7/c1-4-5-11-29-16(14-28-10-6-9-24)13-22-19-17-12-15(23(26)27)7-8-18(17)30-21(2,3)20(19)25/h6-8,12,14,19-20,22,25H,4-5,10-11,13H2,1-3H3/t19-,20+/m0/s1. The highest BCUT2D eigenvalue weighted by molar-refractivity contribution is 5.48. The van der Waals surface area contributed by atoms with E-state index in [2.05, 4.69) is 5.32 Å². The van der Waals surface area contributed by atoms with Crippen LogP contribution in [0.25, 0.3) is 0 Å². The summed E-state index contributed by atoms with van der Waals surface area (Å²) in [5.74, 6) is 2.58. The van der Waals surface area contributed by atoms with Gasteiger partial charge in [0.2, 0.25) is 0 Å². The second kappa shape index (κ2) is 10.8. The molecule has 2 atom stereocenters. The van der Waals surface area contributed by atoms with Gasteiger partial charge in [-0.15, -0.1) is 0 Å². The van der Waals surface area contributed by atoms with Crippen molar-refractivity contribution in [1.29, 1.82) is 0 Å². The molecule has 164 valence electrons. The Morgan fingerprint density at radius 1 is 1.47 bits per heavy atom. The monoisotopic (exact) mass is 420 g/mol. The van der Waals surface area contributed by atoms with Crippen molar-refractivity contribution >= 4 is 11.6 Å². The molecule has 30 heavy (non-hydrogen) atoms. The predicted octanol–water partition coefficient (Wildman–Crippen LogP) is 2.82. The van der Waals surface area contributed by atoms with Gasteiger partial charge in [-0.25, -0.2) is 4.79 Å². The Kier molecular flexibility index (Phi) is 8.41. The van der Waals surface area contributed by atoms with Crippen LogP contribution in [0.1, 0.15) is 45.2 Å². The molecule has 0 unspecified atom stereocenters. The highest BCUT2D eigenvalue weighted by Crippen LogP contribution is 2.41. The van der Waals surface area contributed by atoms with E-state index >= 15 is 0 Å². The number of nitrogens with one attached hydrogen (secondary N) is 1. The van der Waals surface area contributed by atoms with Gasteiger partial charge in [-0.3, -0.25) is 10.1 Å². The van der Waals surface area contributed by atoms with E-state index in [1.54, 1.807) is 25.9 Å². The molecule has 9 heteroatoms. The van der Waals surface area contributed by atoms with E-state index in [4.69, 9.17) is 14.2 Å². The average Bonchev–Trinajstić information content (AvgIpc) is 2.70. The summed E-state index contributed by atoms with van der Waals surface area (Å²) in [5, 5.41) is 25.2. The fourth-order valence-electron chi connectivity index (χ4n) is 3.03. The first kappa shape index (κ1) is 23.4. The minimum atomic E-state index is -0.970. The van der Waals surface area contributed by atoms with Gasteiger partial charge in [0, 0.05) is 23.8 Å². The van der Waals surface area contributed by atoms with Crippen LogP contribution in [0.5, 0.6) is 5.75 Å². The van der Waals surface area contributed by atoms with Crippen LogP contribution in [0.2, 0.25) is 0 Å². The van der Waals surface area contributed by atoms with Crippen LogP contribution in [0, 0.1) is 10.1 Å². The molecule has 0 saturated carbocycles. The van der Waals surface area contributed by atoms with Crippen LogP contribution < -0.4 is 10.1 Å². The molecular formula is C21H28N2O7. The van der Waals surface area contributed by atoms with Gasteiger partial charge in [-0.1, -0.05) is 13.3 Å². The molecule has 1 aromatic carbocycles. The predicted molar refractivity (Wildman–Crippen MR) is 110 cm³/mol. The average molecular weight is 420 g/mol. The highest BCUT2D eigenvalue weighted by Gasteiger charge is 2.43. The summed E-state index contributed by atoms with van der Waals surface area (Å²) in [4.78, 5) is 21.0. The SMILES string of the molecule is CCCCOC(=COCC=C=O)CN[C@H]1c2cc([N+](=O)[O-])ccc2OC(C)(C)[C@@H]1O. The number of non-ortho nitro benzene ring substituents is 1. The zero-order chi connectivity index (χ0) is 22.1. The van der Waals surface area contributed by atoms with E-state index < -0.39 is 22.7 Å². The zero-order valence-corrected chi connectivity index (χ0v) is 17.4. The summed E-state index contributed by atoms with van der Waals surface area (Å²) < 4.78 is 16.9. The second-order valence-electron chi connectivity index (χ2n) is 7.43. The lowest BCUT2D eigenvalue weighted by Gasteiger charge is -2.42. The lowest BCUT2D eigenvalue weighted by atomic mass is 9.86. The molecule has 1 aromatic rings. The molecule has 0 amide bonds. The Hall–Kier alpha value is -2.87. The molecule has 0 fully saturated rings. The number of unbranched alkanes of at least 4 members (excludes halogenated alkanes) is 1. The lowest BCUT2D eigenvalue weighted by Crippen LogP contribution is -2.52. The van der Waals surface area contributed by atoms with Crippen LogP contribution in [0.3, 0.4) is 0 Å². The maximum Gasteiger partial charge on any atom is 0.270 e. The van der Waals surface area contributed by atoms with Crippen molar-refractivity contribution in [2.24, 2.45) is 0 Å². The van der Waals surface area contributed by atoms with Gasteiger partial charge >= 0.3 is 0 Å². The van der Waals surface area contributed by atoms with Gasteiger partial charge in [0.1, 0.15) is 42.0 Å². The molecule has 9 nitrogen and oxygen atoms in total. The van der Waals surface area contributed by atoms with Crippen molar-refractivity contribution in [2.75, 3.05) is 19.8 Å². The van der Waals surface area contributed by atoms with Crippen molar-refractivity contribution in [3.05, 3.63) is 52.0 Å². The van der Waals surface area contributed by atoms with Gasteiger partial charge in [-0.05, 0) is 26.3 Å². The van der Waals surface area contributed by atoms with Gasteiger partial charge in [-0.2, -0.15) is 0 Å². The molecule has 1 aliphatic rings. The number of fused-ring (bicyclic) bond motifs is 1. The summed E-state index contributed by atoms with van der Waals surface area (Å²) in [6.07, 6.45) is 3.45. The fraction of sp³-hybridized carbons (Fsp3) is 0.524. The Morgan fingerprint density at radius 2 is 2.23 bits per heavy atom. The number of hydrogen-bond donors (Lipinski definition) is 2. The minimum absolute atomic E-state index is 0.0616. The fourth-order valence-corrected chi connectivity index (χ4v) is 3.03. The Bertz CT molecular complexity index is 816. The third-order valence-corrected chi connectivity index (χ3v) is 4.70. The van der Waals surface area contributed by atoms with Crippen molar-refractivity contribution < 1.29 is 29.0 Å². The first-order valence-electron chi connectivity index (χ1n) is 9.81. The van der Waals surface area contributed by atoms with Crippen molar-refractivity contribution in [3.63, 3.8) is 0 Å². The molecule has 0 bridgehead atoms. The van der Waals surface area contributed by atoms with Crippen LogP contribution in [-0.4, -0.2) is 47.4 Å². The van der Waals surface area contributed by atoms with Gasteiger partial charge in [0.05, 0.1) is 24.1 Å². The van der Waals surface area contributed by atoms with Gasteiger partial charge < -0.3 is 24.6 Å². The van der Waals surface area contributed by atoms with Crippen molar-refractivity contribution in [3.8, 4) is 5.75 Å². The second-order valence-corrected chi connectivity index (χ2v) is 7.43. The molecule has 0 saturated heterocycles. The summed E-state index contributed by atoms with van der Waals surface area (Å²) in [5.41, 5.74) is -0.498. The molecular weight excluding hydrogens is 392 g/mol. The van der Waals surface area contributed by atoms with E-state index in [1.807, 2.05) is 6.92 Å². The topological polar surface area (TPSA) is 120 Å². The van der Waals surface area contributed by atoms with E-state index in [1.165, 1.54) is 24.5 Å². The summed E-state index contributed by atoms with van der Waals surface area (Å²) in [6, 6.07) is 3.69. The van der Waals surface area contributed by atoms with Gasteiger partial charge in [0.15, 0.2) is 0 Å². The van der Waals surface area contributed by atoms with Crippen molar-refractivity contribution in [1.82, 2.24) is 5.32 Å². The largest absolute Gasteiger partial charge is 0.493 e. The van der Waals surface area contributed by atoms with E-state index in [0.717, 1.165) is 12.8 Å². The molecule has 1 heterocycles. The number of hydrogen-bond acceptors (Lipinski definition) is 8. The molecule has 1 aliphatic heterocycles. The number of aliphatic hydroxyl groups excluding tert-OH is 1. The third-order valence-electron chi connectivity index (χ3n) is 4.70. The van der Waals surface area contributed by atoms with Crippen molar-refractivity contribution in [2.45, 2.75) is 51.4 Å². The maximum atomic E-state index is 11.2. The number of aliphatic hydroxyl groups is 1. The summed E-state index contributed by atoms with van der Waals surface area (Å²) in [6.45, 7) is 6.29. The number of carbonyl (C=O) groups excluding carboxylic acids is 1. The maximum absolute atomic E-state index is 11.2. The number of ether oxygens (including phenoxy) is 3. The van der Waals surface area contributed by atoms with E-state index in [9.17, 15) is 20.0 Å². The first-order chi connectivity index (χ1) is 14.3. The molecule has 0 spiro atoms. The molecule has 0 aliphatic carbocycles. The first-order valence-corrected chi connectivity index (χ1v) is 9.81. The van der Waals surface area contributed by atoms with Crippen LogP contribution in [0.4, 0.5) is 5.69 Å². The normalized spacial score (nSPS) is 19.8. The van der Waals surface area contributed by atoms with E-state index in [-0.39, 0.29) is 18.8 Å². The van der Waals surface area contributed by atoms with Crippen LogP contribution in [0.15, 0.2) is 36.3 Å². The number of nitrogens with zero attached hydrogens (tertiary/aromatic N) is 1. The summed E-state index contributed by atoms with van der Waals surface area (Å²) >= 11 is 0. The third kappa shape index (κ3) is 6.06. The molecule has 0 radical (unpaired) electrons. The van der Waals surface area contributed by atoms with Gasteiger partial charge in [0.25, 0.3) is 5.69 Å². The van der Waals surface area contributed by atoms with Crippen LogP contribution >= 0.6 is 0 Å². The number of rotatable bonds is 11.